The number of carbonyl (C=O) groups is 3. The van der Waals surface area contributed by atoms with Gasteiger partial charge in [0.2, 0.25) is 0 Å². The highest BCUT2D eigenvalue weighted by molar-refractivity contribution is 5.97. The van der Waals surface area contributed by atoms with Gasteiger partial charge in [0.25, 0.3) is 5.91 Å². The van der Waals surface area contributed by atoms with E-state index in [0.717, 1.165) is 11.5 Å². The first-order valence-corrected chi connectivity index (χ1v) is 8.71. The maximum absolute atomic E-state index is 12.3. The maximum Gasteiger partial charge on any atom is 0.340 e. The predicted octanol–water partition coefficient (Wildman–Crippen LogP) is 2.38. The molecule has 8 nitrogen and oxygen atoms in total. The molecule has 0 aliphatic rings. The Morgan fingerprint density at radius 1 is 1.26 bits per heavy atom. The summed E-state index contributed by atoms with van der Waals surface area (Å²) in [6.07, 6.45) is 1.59. The number of imide groups is 1. The molecule has 0 atom stereocenters. The van der Waals surface area contributed by atoms with Crippen LogP contribution in [0.5, 0.6) is 0 Å². The quantitative estimate of drug-likeness (QED) is 0.724. The minimum absolute atomic E-state index is 0.264. The molecule has 0 bridgehead atoms. The number of rotatable bonds is 7. The standard InChI is InChI=1S/C19H25N3O5/c1-12(2)9-20-19(25)21-17(23)11-27-18(24)16-8-13(3)22(14(16)4)10-15-6-5-7-26-15/h5-8,12H,9-11H2,1-4H3,(H2,20,21,23,25). The Morgan fingerprint density at radius 3 is 2.63 bits per heavy atom. The molecule has 2 N–H and O–H groups in total. The van der Waals surface area contributed by atoms with Crippen molar-refractivity contribution >= 4 is 17.9 Å². The summed E-state index contributed by atoms with van der Waals surface area (Å²) in [5.41, 5.74) is 1.95. The lowest BCUT2D eigenvalue weighted by atomic mass is 10.2. The second-order valence-electron chi connectivity index (χ2n) is 6.68. The SMILES string of the molecule is Cc1cc(C(=O)OCC(=O)NC(=O)NCC(C)C)c(C)n1Cc1ccco1. The molecule has 27 heavy (non-hydrogen) atoms. The molecule has 2 aromatic rings. The Hall–Kier alpha value is -3.03. The number of nitrogens with one attached hydrogen (secondary N) is 2. The first-order valence-electron chi connectivity index (χ1n) is 8.71. The molecule has 0 unspecified atom stereocenters. The van der Waals surface area contributed by atoms with Crippen LogP contribution in [0.2, 0.25) is 0 Å². The number of esters is 1. The number of amides is 3. The minimum atomic E-state index is -0.686. The average molecular weight is 375 g/mol. The molecular weight excluding hydrogens is 350 g/mol. The van der Waals surface area contributed by atoms with E-state index in [9.17, 15) is 14.4 Å². The van der Waals surface area contributed by atoms with E-state index in [1.165, 1.54) is 0 Å². The van der Waals surface area contributed by atoms with Crippen LogP contribution in [-0.4, -0.2) is 35.6 Å². The monoisotopic (exact) mass is 375 g/mol. The molecule has 0 aromatic carbocycles. The fourth-order valence-corrected chi connectivity index (χ4v) is 2.52. The van der Waals surface area contributed by atoms with Gasteiger partial charge in [0, 0.05) is 17.9 Å². The minimum Gasteiger partial charge on any atom is -0.467 e. The van der Waals surface area contributed by atoms with E-state index < -0.39 is 24.5 Å². The van der Waals surface area contributed by atoms with Gasteiger partial charge in [-0.25, -0.2) is 9.59 Å². The number of urea groups is 1. The summed E-state index contributed by atoms with van der Waals surface area (Å²) in [4.78, 5) is 35.6. The number of hydrogen-bond donors (Lipinski definition) is 2. The number of furan rings is 1. The van der Waals surface area contributed by atoms with Crippen LogP contribution in [-0.2, 0) is 16.1 Å². The molecule has 0 saturated heterocycles. The zero-order chi connectivity index (χ0) is 20.0. The third-order valence-corrected chi connectivity index (χ3v) is 3.95. The summed E-state index contributed by atoms with van der Waals surface area (Å²) in [6, 6.07) is 4.75. The Labute approximate surface area is 157 Å². The summed E-state index contributed by atoms with van der Waals surface area (Å²) in [5, 5.41) is 4.67. The van der Waals surface area contributed by atoms with Crippen molar-refractivity contribution in [1.82, 2.24) is 15.2 Å². The first-order chi connectivity index (χ1) is 12.8. The Morgan fingerprint density at radius 2 is 2.00 bits per heavy atom. The molecule has 0 spiro atoms. The molecular formula is C19H25N3O5. The normalized spacial score (nSPS) is 10.7. The highest BCUT2D eigenvalue weighted by Crippen LogP contribution is 2.18. The van der Waals surface area contributed by atoms with Crippen molar-refractivity contribution < 1.29 is 23.5 Å². The fraction of sp³-hybridized carbons (Fsp3) is 0.421. The summed E-state index contributed by atoms with van der Waals surface area (Å²) in [7, 11) is 0. The first kappa shape index (κ1) is 20.3. The van der Waals surface area contributed by atoms with Crippen molar-refractivity contribution in [2.24, 2.45) is 5.92 Å². The van der Waals surface area contributed by atoms with Crippen LogP contribution in [0.4, 0.5) is 4.79 Å². The van der Waals surface area contributed by atoms with E-state index in [4.69, 9.17) is 9.15 Å². The van der Waals surface area contributed by atoms with Crippen molar-refractivity contribution in [2.75, 3.05) is 13.2 Å². The van der Waals surface area contributed by atoms with Gasteiger partial charge in [-0.3, -0.25) is 10.1 Å². The number of ether oxygens (including phenoxy) is 1. The molecule has 0 saturated carbocycles. The van der Waals surface area contributed by atoms with Crippen LogP contribution >= 0.6 is 0 Å². The van der Waals surface area contributed by atoms with Gasteiger partial charge in [0.1, 0.15) is 5.76 Å². The van der Waals surface area contributed by atoms with Crippen LogP contribution in [0, 0.1) is 19.8 Å². The van der Waals surface area contributed by atoms with Crippen LogP contribution < -0.4 is 10.6 Å². The molecule has 2 rings (SSSR count). The number of carbonyl (C=O) groups excluding carboxylic acids is 3. The molecule has 2 aromatic heterocycles. The van der Waals surface area contributed by atoms with Crippen molar-refractivity contribution in [3.8, 4) is 0 Å². The molecule has 8 heteroatoms. The largest absolute Gasteiger partial charge is 0.467 e. The van der Waals surface area contributed by atoms with Gasteiger partial charge in [-0.1, -0.05) is 13.8 Å². The molecule has 0 fully saturated rings. The van der Waals surface area contributed by atoms with Crippen molar-refractivity contribution in [1.29, 1.82) is 0 Å². The third kappa shape index (κ3) is 5.73. The van der Waals surface area contributed by atoms with E-state index in [2.05, 4.69) is 10.6 Å². The van der Waals surface area contributed by atoms with E-state index in [1.807, 2.05) is 31.4 Å². The molecule has 0 radical (unpaired) electrons. The number of aryl methyl sites for hydroxylation is 1. The van der Waals surface area contributed by atoms with Gasteiger partial charge in [0.05, 0.1) is 18.4 Å². The lowest BCUT2D eigenvalue weighted by Crippen LogP contribution is -2.42. The Balaban J connectivity index is 1.90. The zero-order valence-corrected chi connectivity index (χ0v) is 16.0. The molecule has 2 heterocycles. The van der Waals surface area contributed by atoms with Crippen molar-refractivity contribution in [3.63, 3.8) is 0 Å². The zero-order valence-electron chi connectivity index (χ0n) is 16.0. The fourth-order valence-electron chi connectivity index (χ4n) is 2.52. The summed E-state index contributed by atoms with van der Waals surface area (Å²) >= 11 is 0. The molecule has 3 amide bonds. The van der Waals surface area contributed by atoms with E-state index in [0.29, 0.717) is 24.3 Å². The summed E-state index contributed by atoms with van der Waals surface area (Å²) in [5.74, 6) is -0.274. The van der Waals surface area contributed by atoms with Crippen LogP contribution in [0.3, 0.4) is 0 Å². The topological polar surface area (TPSA) is 103 Å². The van der Waals surface area contributed by atoms with Gasteiger partial charge in [-0.15, -0.1) is 0 Å². The average Bonchev–Trinajstić information content (AvgIpc) is 3.21. The highest BCUT2D eigenvalue weighted by atomic mass is 16.5. The lowest BCUT2D eigenvalue weighted by Gasteiger charge is -2.09. The van der Waals surface area contributed by atoms with E-state index in [1.54, 1.807) is 25.3 Å². The Bertz CT molecular complexity index is 806. The number of nitrogens with zero attached hydrogens (tertiary/aromatic N) is 1. The van der Waals surface area contributed by atoms with Gasteiger partial charge in [0.15, 0.2) is 6.61 Å². The summed E-state index contributed by atoms with van der Waals surface area (Å²) in [6.45, 7) is 7.95. The second-order valence-corrected chi connectivity index (χ2v) is 6.68. The van der Waals surface area contributed by atoms with Crippen LogP contribution in [0.15, 0.2) is 28.9 Å². The molecule has 0 aliphatic heterocycles. The van der Waals surface area contributed by atoms with Gasteiger partial charge >= 0.3 is 12.0 Å². The van der Waals surface area contributed by atoms with Crippen LogP contribution in [0.1, 0.15) is 41.4 Å². The Kier molecular flexibility index (Phi) is 6.81. The smallest absolute Gasteiger partial charge is 0.340 e. The second kappa shape index (κ2) is 9.07. The van der Waals surface area contributed by atoms with E-state index >= 15 is 0 Å². The summed E-state index contributed by atoms with van der Waals surface area (Å²) < 4.78 is 12.3. The van der Waals surface area contributed by atoms with Gasteiger partial charge in [-0.05, 0) is 38.0 Å². The van der Waals surface area contributed by atoms with Gasteiger partial charge < -0.3 is 19.0 Å². The van der Waals surface area contributed by atoms with Crippen molar-refractivity contribution in [2.45, 2.75) is 34.2 Å². The lowest BCUT2D eigenvalue weighted by molar-refractivity contribution is -0.123. The maximum atomic E-state index is 12.3. The third-order valence-electron chi connectivity index (χ3n) is 3.95. The number of aromatic nitrogens is 1. The molecule has 0 aliphatic carbocycles. The van der Waals surface area contributed by atoms with E-state index in [-0.39, 0.29) is 5.92 Å². The van der Waals surface area contributed by atoms with Gasteiger partial charge in [-0.2, -0.15) is 0 Å². The van der Waals surface area contributed by atoms with Crippen LogP contribution in [0.25, 0.3) is 0 Å². The molecule has 146 valence electrons. The number of hydrogen-bond acceptors (Lipinski definition) is 5. The van der Waals surface area contributed by atoms with Crippen molar-refractivity contribution in [3.05, 3.63) is 47.2 Å². The highest BCUT2D eigenvalue weighted by Gasteiger charge is 2.19. The predicted molar refractivity (Wildman–Crippen MR) is 98.4 cm³/mol.